The molecule has 1 aliphatic rings. The van der Waals surface area contributed by atoms with E-state index in [4.69, 9.17) is 4.74 Å². The molecule has 0 spiro atoms. The molecule has 5 heteroatoms. The summed E-state index contributed by atoms with van der Waals surface area (Å²) >= 11 is 0. The molecule has 1 atom stereocenters. The molecular formula is C19H20N2O3. The van der Waals surface area contributed by atoms with E-state index in [0.29, 0.717) is 18.8 Å². The molecule has 24 heavy (non-hydrogen) atoms. The average Bonchev–Trinajstić information content (AvgIpc) is 3.02. The number of benzene rings is 2. The van der Waals surface area contributed by atoms with Gasteiger partial charge in [0.25, 0.3) is 0 Å². The van der Waals surface area contributed by atoms with Gasteiger partial charge in [0.15, 0.2) is 0 Å². The van der Waals surface area contributed by atoms with Crippen molar-refractivity contribution in [3.8, 4) is 5.75 Å². The first-order valence-corrected chi connectivity index (χ1v) is 7.93. The molecule has 0 radical (unpaired) electrons. The van der Waals surface area contributed by atoms with Crippen molar-refractivity contribution in [2.24, 2.45) is 5.92 Å². The molecule has 0 aliphatic carbocycles. The van der Waals surface area contributed by atoms with Crippen molar-refractivity contribution in [2.45, 2.75) is 13.0 Å². The maximum absolute atomic E-state index is 12.3. The van der Waals surface area contributed by atoms with E-state index in [1.165, 1.54) is 0 Å². The summed E-state index contributed by atoms with van der Waals surface area (Å²) in [6.45, 7) is 0.871. The van der Waals surface area contributed by atoms with Crippen LogP contribution in [0.5, 0.6) is 5.75 Å². The molecule has 2 aromatic rings. The van der Waals surface area contributed by atoms with Gasteiger partial charge in [0, 0.05) is 31.3 Å². The quantitative estimate of drug-likeness (QED) is 0.918. The van der Waals surface area contributed by atoms with Crippen molar-refractivity contribution in [3.05, 3.63) is 60.2 Å². The summed E-state index contributed by atoms with van der Waals surface area (Å²) in [7, 11) is 1.59. The predicted molar refractivity (Wildman–Crippen MR) is 91.7 cm³/mol. The van der Waals surface area contributed by atoms with E-state index in [1.54, 1.807) is 12.0 Å². The summed E-state index contributed by atoms with van der Waals surface area (Å²) in [5, 5.41) is 2.91. The minimum Gasteiger partial charge on any atom is -0.497 e. The molecule has 1 N–H and O–H groups in total. The van der Waals surface area contributed by atoms with Gasteiger partial charge in [-0.15, -0.1) is 0 Å². The summed E-state index contributed by atoms with van der Waals surface area (Å²) in [6.07, 6.45) is 0.234. The Morgan fingerprint density at radius 1 is 1.21 bits per heavy atom. The van der Waals surface area contributed by atoms with E-state index < -0.39 is 0 Å². The Balaban J connectivity index is 1.62. The summed E-state index contributed by atoms with van der Waals surface area (Å²) in [4.78, 5) is 26.3. The third-order valence-corrected chi connectivity index (χ3v) is 4.17. The van der Waals surface area contributed by atoms with Gasteiger partial charge < -0.3 is 15.0 Å². The first-order chi connectivity index (χ1) is 11.7. The molecule has 0 saturated carbocycles. The highest BCUT2D eigenvalue weighted by Crippen LogP contribution is 2.27. The van der Waals surface area contributed by atoms with E-state index in [-0.39, 0.29) is 24.2 Å². The van der Waals surface area contributed by atoms with Crippen molar-refractivity contribution in [1.29, 1.82) is 0 Å². The number of anilines is 1. The van der Waals surface area contributed by atoms with Crippen molar-refractivity contribution >= 4 is 17.5 Å². The second kappa shape index (κ2) is 7.17. The number of nitrogens with one attached hydrogen (secondary N) is 1. The maximum atomic E-state index is 12.3. The summed E-state index contributed by atoms with van der Waals surface area (Å²) in [5.41, 5.74) is 1.80. The van der Waals surface area contributed by atoms with Crippen LogP contribution in [0.15, 0.2) is 54.6 Å². The second-order valence-corrected chi connectivity index (χ2v) is 5.81. The first kappa shape index (κ1) is 16.1. The van der Waals surface area contributed by atoms with Crippen molar-refractivity contribution in [1.82, 2.24) is 5.32 Å². The molecule has 1 saturated heterocycles. The number of hydrogen-bond acceptors (Lipinski definition) is 3. The van der Waals surface area contributed by atoms with Crippen LogP contribution in [0.1, 0.15) is 12.0 Å². The number of carbonyl (C=O) groups is 2. The summed E-state index contributed by atoms with van der Waals surface area (Å²) in [5.74, 6) is 0.241. The maximum Gasteiger partial charge on any atom is 0.227 e. The molecular weight excluding hydrogens is 304 g/mol. The highest BCUT2D eigenvalue weighted by atomic mass is 16.5. The molecule has 0 aromatic heterocycles. The van der Waals surface area contributed by atoms with Crippen LogP contribution in [-0.2, 0) is 16.1 Å². The molecule has 3 rings (SSSR count). The third kappa shape index (κ3) is 3.56. The van der Waals surface area contributed by atoms with Gasteiger partial charge in [0.2, 0.25) is 11.8 Å². The predicted octanol–water partition coefficient (Wildman–Crippen LogP) is 2.36. The monoisotopic (exact) mass is 324 g/mol. The Labute approximate surface area is 141 Å². The Hall–Kier alpha value is -2.82. The standard InChI is InChI=1S/C19H20N2O3/c1-24-17-9-5-8-16(11-17)21-13-15(10-18(21)22)19(23)20-12-14-6-3-2-4-7-14/h2-9,11,15H,10,12-13H2,1H3,(H,20,23)/t15-/m1/s1. The normalized spacial score (nSPS) is 17.0. The average molecular weight is 324 g/mol. The fourth-order valence-electron chi connectivity index (χ4n) is 2.84. The lowest BCUT2D eigenvalue weighted by Gasteiger charge is -2.17. The van der Waals surface area contributed by atoms with Crippen LogP contribution in [0.25, 0.3) is 0 Å². The van der Waals surface area contributed by atoms with E-state index >= 15 is 0 Å². The van der Waals surface area contributed by atoms with E-state index in [1.807, 2.05) is 54.6 Å². The number of carbonyl (C=O) groups excluding carboxylic acids is 2. The van der Waals surface area contributed by atoms with Crippen LogP contribution in [-0.4, -0.2) is 25.5 Å². The van der Waals surface area contributed by atoms with Crippen molar-refractivity contribution in [2.75, 3.05) is 18.6 Å². The van der Waals surface area contributed by atoms with Gasteiger partial charge in [-0.1, -0.05) is 36.4 Å². The first-order valence-electron chi connectivity index (χ1n) is 7.93. The minimum atomic E-state index is -0.326. The van der Waals surface area contributed by atoms with Crippen molar-refractivity contribution in [3.63, 3.8) is 0 Å². The lowest BCUT2D eigenvalue weighted by atomic mass is 10.1. The van der Waals surface area contributed by atoms with Crippen LogP contribution in [0.2, 0.25) is 0 Å². The van der Waals surface area contributed by atoms with Gasteiger partial charge >= 0.3 is 0 Å². The Bertz CT molecular complexity index is 730. The van der Waals surface area contributed by atoms with Crippen LogP contribution < -0.4 is 15.0 Å². The molecule has 0 bridgehead atoms. The van der Waals surface area contributed by atoms with Crippen LogP contribution in [0.4, 0.5) is 5.69 Å². The lowest BCUT2D eigenvalue weighted by molar-refractivity contribution is -0.126. The minimum absolute atomic E-state index is 0.0388. The number of methoxy groups -OCH3 is 1. The van der Waals surface area contributed by atoms with Gasteiger partial charge in [-0.2, -0.15) is 0 Å². The van der Waals surface area contributed by atoms with Gasteiger partial charge in [-0.05, 0) is 17.7 Å². The molecule has 2 amide bonds. The molecule has 5 nitrogen and oxygen atoms in total. The van der Waals surface area contributed by atoms with E-state index in [2.05, 4.69) is 5.32 Å². The van der Waals surface area contributed by atoms with Crippen LogP contribution in [0.3, 0.4) is 0 Å². The number of hydrogen-bond donors (Lipinski definition) is 1. The molecule has 0 unspecified atom stereocenters. The van der Waals surface area contributed by atoms with Crippen LogP contribution in [0, 0.1) is 5.92 Å². The van der Waals surface area contributed by atoms with Crippen molar-refractivity contribution < 1.29 is 14.3 Å². The largest absolute Gasteiger partial charge is 0.497 e. The van der Waals surface area contributed by atoms with E-state index in [9.17, 15) is 9.59 Å². The zero-order chi connectivity index (χ0) is 16.9. The van der Waals surface area contributed by atoms with Gasteiger partial charge in [0.05, 0.1) is 13.0 Å². The summed E-state index contributed by atoms with van der Waals surface area (Å²) in [6, 6.07) is 17.1. The smallest absolute Gasteiger partial charge is 0.227 e. The number of rotatable bonds is 5. The zero-order valence-corrected chi connectivity index (χ0v) is 13.6. The SMILES string of the molecule is COc1cccc(N2C[C@H](C(=O)NCc3ccccc3)CC2=O)c1. The highest BCUT2D eigenvalue weighted by molar-refractivity contribution is 6.00. The fraction of sp³-hybridized carbons (Fsp3) is 0.263. The van der Waals surface area contributed by atoms with Gasteiger partial charge in [-0.3, -0.25) is 9.59 Å². The van der Waals surface area contributed by atoms with Gasteiger partial charge in [-0.25, -0.2) is 0 Å². The second-order valence-electron chi connectivity index (χ2n) is 5.81. The number of nitrogens with zero attached hydrogens (tertiary/aromatic N) is 1. The fourth-order valence-corrected chi connectivity index (χ4v) is 2.84. The Morgan fingerprint density at radius 3 is 2.75 bits per heavy atom. The van der Waals surface area contributed by atoms with Crippen LogP contribution >= 0.6 is 0 Å². The Morgan fingerprint density at radius 2 is 2.00 bits per heavy atom. The number of ether oxygens (including phenoxy) is 1. The number of amides is 2. The van der Waals surface area contributed by atoms with Gasteiger partial charge in [0.1, 0.15) is 5.75 Å². The molecule has 2 aromatic carbocycles. The lowest BCUT2D eigenvalue weighted by Crippen LogP contribution is -2.32. The Kier molecular flexibility index (Phi) is 4.79. The molecule has 1 aliphatic heterocycles. The summed E-state index contributed by atoms with van der Waals surface area (Å²) < 4.78 is 5.19. The zero-order valence-electron chi connectivity index (χ0n) is 13.6. The topological polar surface area (TPSA) is 58.6 Å². The molecule has 124 valence electrons. The van der Waals surface area contributed by atoms with E-state index in [0.717, 1.165) is 11.3 Å². The molecule has 1 heterocycles. The molecule has 1 fully saturated rings. The third-order valence-electron chi connectivity index (χ3n) is 4.17. The highest BCUT2D eigenvalue weighted by Gasteiger charge is 2.35.